The Hall–Kier alpha value is -2.18. The smallest absolute Gasteiger partial charge is 0.267 e. The minimum Gasteiger partial charge on any atom is -0.390 e. The molecule has 0 aliphatic heterocycles. The van der Waals surface area contributed by atoms with Crippen molar-refractivity contribution in [3.63, 3.8) is 0 Å². The number of halogens is 1. The fraction of sp³-hybridized carbons (Fsp3) is 0.450. The maximum Gasteiger partial charge on any atom is 0.267 e. The second kappa shape index (κ2) is 7.44. The minimum atomic E-state index is -0.714. The predicted molar refractivity (Wildman–Crippen MR) is 105 cm³/mol. The van der Waals surface area contributed by atoms with Crippen LogP contribution in [0.4, 0.5) is 0 Å². The molecule has 2 aromatic rings. The average molecular weight is 390 g/mol. The number of nitrogens with zero attached hydrogens (tertiary/aromatic N) is 2. The highest BCUT2D eigenvalue weighted by atomic mass is 35.5. The molecular weight excluding hydrogens is 366 g/mol. The van der Waals surface area contributed by atoms with Crippen molar-refractivity contribution >= 4 is 17.5 Å². The first-order chi connectivity index (χ1) is 12.7. The molecule has 0 spiro atoms. The summed E-state index contributed by atoms with van der Waals surface area (Å²) >= 11 is 6.29. The molecule has 1 aromatic heterocycles. The standard InChI is InChI=1S/C20H24ClN3O3/c1-12(2)19-15(14-6-4-5-7-16(14)21)8-18(26)24(23-19)11-17(25)22-13-9-20(3,27)10-13/h4-8,12-13,27H,9-11H2,1-3H3,(H,22,25)/t13-,20-. The van der Waals surface area contributed by atoms with Gasteiger partial charge >= 0.3 is 0 Å². The quantitative estimate of drug-likeness (QED) is 0.823. The van der Waals surface area contributed by atoms with Gasteiger partial charge in [-0.3, -0.25) is 9.59 Å². The van der Waals surface area contributed by atoms with Gasteiger partial charge in [-0.25, -0.2) is 4.68 Å². The zero-order chi connectivity index (χ0) is 19.8. The lowest BCUT2D eigenvalue weighted by atomic mass is 9.77. The lowest BCUT2D eigenvalue weighted by Crippen LogP contribution is -2.54. The summed E-state index contributed by atoms with van der Waals surface area (Å²) in [7, 11) is 0. The molecule has 1 fully saturated rings. The van der Waals surface area contributed by atoms with Crippen molar-refractivity contribution in [1.82, 2.24) is 15.1 Å². The second-order valence-electron chi connectivity index (χ2n) is 7.74. The third-order valence-electron chi connectivity index (χ3n) is 4.77. The van der Waals surface area contributed by atoms with E-state index in [2.05, 4.69) is 10.4 Å². The molecule has 144 valence electrons. The van der Waals surface area contributed by atoms with Crippen LogP contribution in [0.3, 0.4) is 0 Å². The van der Waals surface area contributed by atoms with Crippen LogP contribution in [0.25, 0.3) is 11.1 Å². The molecule has 3 rings (SSSR count). The van der Waals surface area contributed by atoms with Crippen LogP contribution in [-0.4, -0.2) is 32.4 Å². The number of aromatic nitrogens is 2. The van der Waals surface area contributed by atoms with Gasteiger partial charge in [0.05, 0.1) is 11.3 Å². The van der Waals surface area contributed by atoms with Crippen LogP contribution < -0.4 is 10.9 Å². The molecule has 0 radical (unpaired) electrons. The Morgan fingerprint density at radius 2 is 2.04 bits per heavy atom. The molecule has 2 N–H and O–H groups in total. The normalized spacial score (nSPS) is 21.8. The molecule has 1 aliphatic rings. The van der Waals surface area contributed by atoms with E-state index >= 15 is 0 Å². The van der Waals surface area contributed by atoms with Crippen LogP contribution >= 0.6 is 11.6 Å². The number of hydrogen-bond acceptors (Lipinski definition) is 4. The molecule has 7 heteroatoms. The summed E-state index contributed by atoms with van der Waals surface area (Å²) in [5.41, 5.74) is 1.08. The molecule has 1 aromatic carbocycles. The Balaban J connectivity index is 1.85. The van der Waals surface area contributed by atoms with Crippen LogP contribution in [-0.2, 0) is 11.3 Å². The summed E-state index contributed by atoms with van der Waals surface area (Å²) in [4.78, 5) is 24.8. The van der Waals surface area contributed by atoms with Crippen LogP contribution in [0.5, 0.6) is 0 Å². The SMILES string of the molecule is CC(C)c1nn(CC(=O)N[C@H]2C[C@](C)(O)C2)c(=O)cc1-c1ccccc1Cl. The van der Waals surface area contributed by atoms with E-state index in [1.165, 1.54) is 10.7 Å². The molecule has 1 saturated carbocycles. The first-order valence-corrected chi connectivity index (χ1v) is 9.43. The highest BCUT2D eigenvalue weighted by molar-refractivity contribution is 6.33. The summed E-state index contributed by atoms with van der Waals surface area (Å²) in [6.07, 6.45) is 1.04. The summed E-state index contributed by atoms with van der Waals surface area (Å²) < 4.78 is 1.18. The first-order valence-electron chi connectivity index (χ1n) is 9.05. The van der Waals surface area contributed by atoms with E-state index in [1.54, 1.807) is 13.0 Å². The highest BCUT2D eigenvalue weighted by Gasteiger charge is 2.39. The van der Waals surface area contributed by atoms with Gasteiger partial charge in [0.1, 0.15) is 6.54 Å². The Bertz CT molecular complexity index is 913. The van der Waals surface area contributed by atoms with Gasteiger partial charge < -0.3 is 10.4 Å². The van der Waals surface area contributed by atoms with E-state index in [1.807, 2.05) is 32.0 Å². The predicted octanol–water partition coefficient (Wildman–Crippen LogP) is 2.72. The van der Waals surface area contributed by atoms with Gasteiger partial charge in [-0.05, 0) is 31.7 Å². The van der Waals surface area contributed by atoms with Crippen molar-refractivity contribution in [1.29, 1.82) is 0 Å². The van der Waals surface area contributed by atoms with Crippen molar-refractivity contribution < 1.29 is 9.90 Å². The van der Waals surface area contributed by atoms with E-state index < -0.39 is 5.60 Å². The Morgan fingerprint density at radius 1 is 1.37 bits per heavy atom. The summed E-state index contributed by atoms with van der Waals surface area (Å²) in [6.45, 7) is 5.55. The average Bonchev–Trinajstić information content (AvgIpc) is 2.55. The third-order valence-corrected chi connectivity index (χ3v) is 5.10. The zero-order valence-electron chi connectivity index (χ0n) is 15.7. The fourth-order valence-electron chi connectivity index (χ4n) is 3.45. The zero-order valence-corrected chi connectivity index (χ0v) is 16.5. The number of benzene rings is 1. The van der Waals surface area contributed by atoms with Crippen molar-refractivity contribution in [2.24, 2.45) is 0 Å². The Labute approximate surface area is 163 Å². The molecule has 1 amide bonds. The molecule has 0 saturated heterocycles. The molecular formula is C20H24ClN3O3. The van der Waals surface area contributed by atoms with Gasteiger partial charge in [0.25, 0.3) is 5.56 Å². The molecule has 0 unspecified atom stereocenters. The minimum absolute atomic E-state index is 0.0490. The number of rotatable bonds is 5. The summed E-state index contributed by atoms with van der Waals surface area (Å²) in [5, 5.41) is 17.6. The lowest BCUT2D eigenvalue weighted by Gasteiger charge is -2.41. The van der Waals surface area contributed by atoms with Crippen molar-refractivity contribution in [2.75, 3.05) is 0 Å². The van der Waals surface area contributed by atoms with E-state index in [4.69, 9.17) is 11.6 Å². The van der Waals surface area contributed by atoms with Crippen LogP contribution in [0.1, 0.15) is 45.2 Å². The van der Waals surface area contributed by atoms with E-state index in [0.29, 0.717) is 29.1 Å². The lowest BCUT2D eigenvalue weighted by molar-refractivity contribution is -0.125. The van der Waals surface area contributed by atoms with Crippen molar-refractivity contribution in [3.05, 3.63) is 51.4 Å². The van der Waals surface area contributed by atoms with E-state index in [-0.39, 0.29) is 30.0 Å². The molecule has 0 bridgehead atoms. The molecule has 27 heavy (non-hydrogen) atoms. The monoisotopic (exact) mass is 389 g/mol. The van der Waals surface area contributed by atoms with Crippen LogP contribution in [0, 0.1) is 0 Å². The highest BCUT2D eigenvalue weighted by Crippen LogP contribution is 2.32. The Morgan fingerprint density at radius 3 is 2.63 bits per heavy atom. The van der Waals surface area contributed by atoms with Gasteiger partial charge in [-0.2, -0.15) is 5.10 Å². The summed E-state index contributed by atoms with van der Waals surface area (Å²) in [6, 6.07) is 8.74. The summed E-state index contributed by atoms with van der Waals surface area (Å²) in [5.74, 6) is -0.238. The number of nitrogens with one attached hydrogen (secondary N) is 1. The number of aliphatic hydroxyl groups is 1. The van der Waals surface area contributed by atoms with Gasteiger partial charge in [0.15, 0.2) is 0 Å². The maximum absolute atomic E-state index is 12.5. The molecule has 6 nitrogen and oxygen atoms in total. The van der Waals surface area contributed by atoms with Crippen LogP contribution in [0.15, 0.2) is 35.1 Å². The maximum atomic E-state index is 12.5. The van der Waals surface area contributed by atoms with Gasteiger partial charge in [0, 0.05) is 28.3 Å². The molecule has 1 heterocycles. The second-order valence-corrected chi connectivity index (χ2v) is 8.15. The topological polar surface area (TPSA) is 84.2 Å². The number of amides is 1. The molecule has 1 aliphatic carbocycles. The van der Waals surface area contributed by atoms with Gasteiger partial charge in [-0.1, -0.05) is 43.6 Å². The first kappa shape index (κ1) is 19.6. The van der Waals surface area contributed by atoms with Gasteiger partial charge in [0.2, 0.25) is 5.91 Å². The van der Waals surface area contributed by atoms with Crippen LogP contribution in [0.2, 0.25) is 5.02 Å². The Kier molecular flexibility index (Phi) is 5.40. The van der Waals surface area contributed by atoms with Crippen molar-refractivity contribution in [3.8, 4) is 11.1 Å². The largest absolute Gasteiger partial charge is 0.390 e. The van der Waals surface area contributed by atoms with Crippen molar-refractivity contribution in [2.45, 2.75) is 57.7 Å². The van der Waals surface area contributed by atoms with Gasteiger partial charge in [-0.15, -0.1) is 0 Å². The third kappa shape index (κ3) is 4.39. The van der Waals surface area contributed by atoms with E-state index in [0.717, 1.165) is 5.56 Å². The number of hydrogen-bond donors (Lipinski definition) is 2. The number of carbonyl (C=O) groups excluding carboxylic acids is 1. The van der Waals surface area contributed by atoms with E-state index in [9.17, 15) is 14.7 Å². The number of carbonyl (C=O) groups is 1. The molecule has 0 atom stereocenters. The fourth-order valence-corrected chi connectivity index (χ4v) is 3.69.